The monoisotopic (exact) mass is 508 g/mol. The second-order valence-corrected chi connectivity index (χ2v) is 10.9. The molecule has 1 amide bonds. The standard InChI is InChI=1S/C28H36N4O3S/c1-5-18(2)25-29-26(23-19-10-7-6-8-13-22(19)36-27(23)30-25)31-14-16-32(17-15-31)28(33)24-20(34-3)11-9-12-21(24)35-4/h9,11-12,18H,5-8,10,13-17H2,1-4H3/t18-/m0/s1. The minimum atomic E-state index is -0.0542. The van der Waals surface area contributed by atoms with Gasteiger partial charge in [-0.2, -0.15) is 0 Å². The van der Waals surface area contributed by atoms with Crippen molar-refractivity contribution in [2.45, 2.75) is 58.3 Å². The van der Waals surface area contributed by atoms with Crippen molar-refractivity contribution in [3.05, 3.63) is 40.0 Å². The number of hydrogen-bond acceptors (Lipinski definition) is 7. The van der Waals surface area contributed by atoms with E-state index in [0.717, 1.165) is 48.8 Å². The molecule has 0 N–H and O–H groups in total. The summed E-state index contributed by atoms with van der Waals surface area (Å²) in [5.41, 5.74) is 1.96. The Kier molecular flexibility index (Phi) is 7.32. The number of ether oxygens (including phenoxy) is 2. The molecule has 36 heavy (non-hydrogen) atoms. The molecule has 0 radical (unpaired) electrons. The van der Waals surface area contributed by atoms with Crippen LogP contribution in [0.25, 0.3) is 10.2 Å². The molecule has 1 atom stereocenters. The summed E-state index contributed by atoms with van der Waals surface area (Å²) in [7, 11) is 3.17. The summed E-state index contributed by atoms with van der Waals surface area (Å²) in [5.74, 6) is 3.35. The smallest absolute Gasteiger partial charge is 0.261 e. The predicted octanol–water partition coefficient (Wildman–Crippen LogP) is 5.45. The lowest BCUT2D eigenvalue weighted by Crippen LogP contribution is -2.49. The molecule has 0 spiro atoms. The number of carbonyl (C=O) groups excluding carboxylic acids is 1. The zero-order valence-corrected chi connectivity index (χ0v) is 22.6. The van der Waals surface area contributed by atoms with Gasteiger partial charge in [-0.3, -0.25) is 4.79 Å². The van der Waals surface area contributed by atoms with Crippen molar-refractivity contribution in [2.75, 3.05) is 45.3 Å². The Morgan fingerprint density at radius 2 is 1.72 bits per heavy atom. The van der Waals surface area contributed by atoms with Crippen LogP contribution in [0.1, 0.15) is 72.1 Å². The second-order valence-electron chi connectivity index (χ2n) is 9.78. The summed E-state index contributed by atoms with van der Waals surface area (Å²) < 4.78 is 11.0. The first-order valence-corrected chi connectivity index (χ1v) is 13.9. The van der Waals surface area contributed by atoms with Crippen LogP contribution in [0.4, 0.5) is 5.82 Å². The zero-order chi connectivity index (χ0) is 25.2. The van der Waals surface area contributed by atoms with Crippen LogP contribution in [0.2, 0.25) is 0 Å². The van der Waals surface area contributed by atoms with Gasteiger partial charge >= 0.3 is 0 Å². The van der Waals surface area contributed by atoms with Crippen molar-refractivity contribution < 1.29 is 14.3 Å². The van der Waals surface area contributed by atoms with Crippen LogP contribution in [0, 0.1) is 0 Å². The van der Waals surface area contributed by atoms with Crippen LogP contribution in [0.15, 0.2) is 18.2 Å². The highest BCUT2D eigenvalue weighted by atomic mass is 32.1. The van der Waals surface area contributed by atoms with E-state index in [-0.39, 0.29) is 5.91 Å². The number of nitrogens with zero attached hydrogens (tertiary/aromatic N) is 4. The number of aromatic nitrogens is 2. The van der Waals surface area contributed by atoms with Crippen LogP contribution >= 0.6 is 11.3 Å². The average molecular weight is 509 g/mol. The van der Waals surface area contributed by atoms with Gasteiger partial charge in [0.1, 0.15) is 33.5 Å². The number of thiophene rings is 1. The number of carbonyl (C=O) groups is 1. The van der Waals surface area contributed by atoms with Gasteiger partial charge in [0.25, 0.3) is 5.91 Å². The van der Waals surface area contributed by atoms with Gasteiger partial charge in [-0.15, -0.1) is 11.3 Å². The highest BCUT2D eigenvalue weighted by molar-refractivity contribution is 7.19. The lowest BCUT2D eigenvalue weighted by Gasteiger charge is -2.36. The SMILES string of the molecule is CC[C@H](C)c1nc(N2CCN(C(=O)c3c(OC)cccc3OC)CC2)c2c3c(sc2n1)CCCCC3. The molecule has 0 bridgehead atoms. The van der Waals surface area contributed by atoms with Gasteiger partial charge < -0.3 is 19.3 Å². The highest BCUT2D eigenvalue weighted by Crippen LogP contribution is 2.40. The average Bonchev–Trinajstić information content (AvgIpc) is 3.11. The molecule has 5 rings (SSSR count). The number of benzene rings is 1. The quantitative estimate of drug-likeness (QED) is 0.412. The van der Waals surface area contributed by atoms with E-state index >= 15 is 0 Å². The molecule has 1 aliphatic heterocycles. The topological polar surface area (TPSA) is 67.8 Å². The third kappa shape index (κ3) is 4.51. The van der Waals surface area contributed by atoms with Crippen LogP contribution in [0.3, 0.4) is 0 Å². The number of fused-ring (bicyclic) bond motifs is 3. The number of piperazine rings is 1. The van der Waals surface area contributed by atoms with Crippen LogP contribution in [0.5, 0.6) is 11.5 Å². The molecule has 3 aromatic rings. The van der Waals surface area contributed by atoms with E-state index in [1.54, 1.807) is 14.2 Å². The minimum absolute atomic E-state index is 0.0542. The largest absolute Gasteiger partial charge is 0.496 e. The molecule has 192 valence electrons. The van der Waals surface area contributed by atoms with Gasteiger partial charge in [0, 0.05) is 37.0 Å². The minimum Gasteiger partial charge on any atom is -0.496 e. The van der Waals surface area contributed by atoms with E-state index in [1.165, 1.54) is 35.1 Å². The summed E-state index contributed by atoms with van der Waals surface area (Å²) in [5, 5.41) is 1.26. The second kappa shape index (κ2) is 10.6. The van der Waals surface area contributed by atoms with Gasteiger partial charge in [0.05, 0.1) is 19.6 Å². The normalized spacial score (nSPS) is 17.0. The Morgan fingerprint density at radius 1 is 1.03 bits per heavy atom. The van der Waals surface area contributed by atoms with E-state index in [4.69, 9.17) is 19.4 Å². The van der Waals surface area contributed by atoms with Gasteiger partial charge in [0.15, 0.2) is 0 Å². The first kappa shape index (κ1) is 24.8. The molecule has 1 saturated heterocycles. The van der Waals surface area contributed by atoms with Gasteiger partial charge in [-0.25, -0.2) is 9.97 Å². The molecule has 0 unspecified atom stereocenters. The van der Waals surface area contributed by atoms with Crippen molar-refractivity contribution in [3.63, 3.8) is 0 Å². The molecular weight excluding hydrogens is 472 g/mol. The third-order valence-electron chi connectivity index (χ3n) is 7.62. The van der Waals surface area contributed by atoms with E-state index in [0.29, 0.717) is 36.1 Å². The van der Waals surface area contributed by atoms with Gasteiger partial charge in [-0.1, -0.05) is 26.3 Å². The molecule has 2 aromatic heterocycles. The summed E-state index contributed by atoms with van der Waals surface area (Å²) >= 11 is 1.87. The van der Waals surface area contributed by atoms with Crippen molar-refractivity contribution in [1.82, 2.24) is 14.9 Å². The van der Waals surface area contributed by atoms with E-state index in [9.17, 15) is 4.79 Å². The van der Waals surface area contributed by atoms with Crippen molar-refractivity contribution >= 4 is 33.3 Å². The number of amides is 1. The molecule has 1 fully saturated rings. The van der Waals surface area contributed by atoms with E-state index in [2.05, 4.69) is 18.7 Å². The van der Waals surface area contributed by atoms with Crippen molar-refractivity contribution in [3.8, 4) is 11.5 Å². The fourth-order valence-corrected chi connectivity index (χ4v) is 6.57. The predicted molar refractivity (Wildman–Crippen MR) is 145 cm³/mol. The Hall–Kier alpha value is -2.87. The fraction of sp³-hybridized carbons (Fsp3) is 0.536. The molecule has 7 nitrogen and oxygen atoms in total. The first-order chi connectivity index (χ1) is 17.5. The maximum Gasteiger partial charge on any atom is 0.261 e. The summed E-state index contributed by atoms with van der Waals surface area (Å²) in [6, 6.07) is 5.45. The van der Waals surface area contributed by atoms with Crippen LogP contribution < -0.4 is 14.4 Å². The maximum absolute atomic E-state index is 13.5. The first-order valence-electron chi connectivity index (χ1n) is 13.1. The number of methoxy groups -OCH3 is 2. The molecule has 0 saturated carbocycles. The number of aryl methyl sites for hydroxylation is 2. The molecule has 1 aromatic carbocycles. The molecule has 3 heterocycles. The maximum atomic E-state index is 13.5. The third-order valence-corrected chi connectivity index (χ3v) is 8.81. The summed E-state index contributed by atoms with van der Waals surface area (Å²) in [6.07, 6.45) is 7.05. The van der Waals surface area contributed by atoms with E-state index < -0.39 is 0 Å². The van der Waals surface area contributed by atoms with E-state index in [1.807, 2.05) is 34.4 Å². The lowest BCUT2D eigenvalue weighted by molar-refractivity contribution is 0.0739. The summed E-state index contributed by atoms with van der Waals surface area (Å²) in [4.78, 5) is 30.6. The van der Waals surface area contributed by atoms with Crippen LogP contribution in [-0.4, -0.2) is 61.2 Å². The molecule has 1 aliphatic carbocycles. The number of rotatable bonds is 6. The molecule has 8 heteroatoms. The van der Waals surface area contributed by atoms with Crippen molar-refractivity contribution in [1.29, 1.82) is 0 Å². The van der Waals surface area contributed by atoms with Crippen LogP contribution in [-0.2, 0) is 12.8 Å². The molecule has 2 aliphatic rings. The lowest BCUT2D eigenvalue weighted by atomic mass is 10.1. The van der Waals surface area contributed by atoms with Gasteiger partial charge in [-0.05, 0) is 49.8 Å². The van der Waals surface area contributed by atoms with Crippen molar-refractivity contribution in [2.24, 2.45) is 0 Å². The Labute approximate surface area is 217 Å². The van der Waals surface area contributed by atoms with Gasteiger partial charge in [0.2, 0.25) is 0 Å². The number of hydrogen-bond donors (Lipinski definition) is 0. The zero-order valence-electron chi connectivity index (χ0n) is 21.8. The highest BCUT2D eigenvalue weighted by Gasteiger charge is 2.30. The Bertz CT molecular complexity index is 1230. The number of anilines is 1. The fourth-order valence-electron chi connectivity index (χ4n) is 5.30. The Balaban J connectivity index is 1.45. The Morgan fingerprint density at radius 3 is 2.39 bits per heavy atom. The summed E-state index contributed by atoms with van der Waals surface area (Å²) in [6.45, 7) is 7.12. The molecular formula is C28H36N4O3S.